The van der Waals surface area contributed by atoms with E-state index in [1.54, 1.807) is 42.3 Å². The number of ether oxygens (including phenoxy) is 3. The van der Waals surface area contributed by atoms with E-state index < -0.39 is 23.9 Å². The fourth-order valence-electron chi connectivity index (χ4n) is 6.34. The summed E-state index contributed by atoms with van der Waals surface area (Å²) in [6, 6.07) is 25.1. The van der Waals surface area contributed by atoms with Crippen molar-refractivity contribution in [3.63, 3.8) is 0 Å². The molecule has 5 rings (SSSR count). The predicted molar refractivity (Wildman–Crippen MR) is 209 cm³/mol. The number of methoxy groups -OCH3 is 1. The second-order valence-electron chi connectivity index (χ2n) is 14.3. The number of rotatable bonds is 16. The fraction of sp³-hybridized carbons (Fsp3) is 0.381. The average Bonchev–Trinajstić information content (AvgIpc) is 3.22. The van der Waals surface area contributed by atoms with Crippen LogP contribution in [0.25, 0.3) is 0 Å². The molecule has 282 valence electrons. The first-order valence-electron chi connectivity index (χ1n) is 17.9. The second kappa shape index (κ2) is 18.7. The summed E-state index contributed by atoms with van der Waals surface area (Å²) < 4.78 is 33.2. The summed E-state index contributed by atoms with van der Waals surface area (Å²) in [6.45, 7) is 8.54. The highest BCUT2D eigenvalue weighted by atomic mass is 35.5. The van der Waals surface area contributed by atoms with Gasteiger partial charge in [-0.2, -0.15) is 0 Å². The van der Waals surface area contributed by atoms with Crippen LogP contribution in [-0.2, 0) is 27.3 Å². The van der Waals surface area contributed by atoms with Crippen molar-refractivity contribution in [1.29, 1.82) is 0 Å². The number of aryl methyl sites for hydroxylation is 1. The Hall–Kier alpha value is -4.15. The van der Waals surface area contributed by atoms with Crippen molar-refractivity contribution in [3.05, 3.63) is 123 Å². The quantitative estimate of drug-likeness (QED) is 0.111. The SMILES string of the molecule is COc1c(OCCCNCCCc2cccc(Cl)c2)cccc1C1OC(CC(=O)NCc2ccccc2F)C(=O)N(CC(C)(C)C)c2ccc(Cl)cc21. The molecule has 0 saturated carbocycles. The van der Waals surface area contributed by atoms with E-state index in [4.69, 9.17) is 37.4 Å². The Morgan fingerprint density at radius 1 is 0.925 bits per heavy atom. The molecule has 1 aliphatic heterocycles. The van der Waals surface area contributed by atoms with Gasteiger partial charge >= 0.3 is 0 Å². The monoisotopic (exact) mass is 763 g/mol. The second-order valence-corrected chi connectivity index (χ2v) is 15.2. The van der Waals surface area contributed by atoms with Gasteiger partial charge in [0.15, 0.2) is 11.5 Å². The lowest BCUT2D eigenvalue weighted by molar-refractivity contribution is -0.138. The molecule has 0 bridgehead atoms. The summed E-state index contributed by atoms with van der Waals surface area (Å²) in [6.07, 6.45) is 0.410. The lowest BCUT2D eigenvalue weighted by Crippen LogP contribution is -2.45. The zero-order valence-corrected chi connectivity index (χ0v) is 32.2. The van der Waals surface area contributed by atoms with Crippen molar-refractivity contribution in [3.8, 4) is 11.5 Å². The number of carbonyl (C=O) groups excluding carboxylic acids is 2. The number of benzene rings is 4. The van der Waals surface area contributed by atoms with Gasteiger partial charge in [-0.15, -0.1) is 0 Å². The Balaban J connectivity index is 1.33. The van der Waals surface area contributed by atoms with Crippen molar-refractivity contribution in [2.24, 2.45) is 5.41 Å². The molecular formula is C42H48Cl2FN3O5. The Bertz CT molecular complexity index is 1870. The minimum Gasteiger partial charge on any atom is -0.492 e. The number of anilines is 1. The van der Waals surface area contributed by atoms with Gasteiger partial charge in [0.1, 0.15) is 18.0 Å². The Morgan fingerprint density at radius 3 is 2.43 bits per heavy atom. The van der Waals surface area contributed by atoms with Crippen molar-refractivity contribution in [1.82, 2.24) is 10.6 Å². The van der Waals surface area contributed by atoms with Crippen LogP contribution in [0.5, 0.6) is 11.5 Å². The van der Waals surface area contributed by atoms with Gasteiger partial charge in [-0.25, -0.2) is 4.39 Å². The number of hydrogen-bond donors (Lipinski definition) is 2. The van der Waals surface area contributed by atoms with Gasteiger partial charge in [0.2, 0.25) is 5.91 Å². The third kappa shape index (κ3) is 11.2. The van der Waals surface area contributed by atoms with Gasteiger partial charge in [0, 0.05) is 45.5 Å². The summed E-state index contributed by atoms with van der Waals surface area (Å²) in [7, 11) is 1.56. The Morgan fingerprint density at radius 2 is 1.68 bits per heavy atom. The molecule has 4 aromatic carbocycles. The van der Waals surface area contributed by atoms with Crippen LogP contribution in [0.1, 0.15) is 68.4 Å². The van der Waals surface area contributed by atoms with Gasteiger partial charge < -0.3 is 29.7 Å². The van der Waals surface area contributed by atoms with E-state index in [0.29, 0.717) is 52.1 Å². The number of nitrogens with zero attached hydrogens (tertiary/aromatic N) is 1. The first kappa shape index (κ1) is 40.0. The van der Waals surface area contributed by atoms with Crippen LogP contribution >= 0.6 is 23.2 Å². The zero-order chi connectivity index (χ0) is 38.0. The van der Waals surface area contributed by atoms with Crippen LogP contribution in [0.3, 0.4) is 0 Å². The minimum absolute atomic E-state index is 0.0247. The Kier molecular flexibility index (Phi) is 14.2. The molecule has 1 heterocycles. The van der Waals surface area contributed by atoms with E-state index in [1.807, 2.05) is 63.2 Å². The third-order valence-corrected chi connectivity index (χ3v) is 9.27. The molecule has 0 fully saturated rings. The fourth-order valence-corrected chi connectivity index (χ4v) is 6.74. The molecule has 0 spiro atoms. The van der Waals surface area contributed by atoms with Gasteiger partial charge in [-0.1, -0.05) is 86.4 Å². The zero-order valence-electron chi connectivity index (χ0n) is 30.7. The van der Waals surface area contributed by atoms with E-state index in [0.717, 1.165) is 37.4 Å². The van der Waals surface area contributed by atoms with Crippen molar-refractivity contribution >= 4 is 40.7 Å². The van der Waals surface area contributed by atoms with Crippen LogP contribution in [0.15, 0.2) is 84.9 Å². The largest absolute Gasteiger partial charge is 0.492 e. The van der Waals surface area contributed by atoms with E-state index in [9.17, 15) is 14.0 Å². The molecule has 1 aliphatic rings. The molecule has 0 radical (unpaired) electrons. The molecule has 53 heavy (non-hydrogen) atoms. The van der Waals surface area contributed by atoms with Crippen LogP contribution in [0.4, 0.5) is 10.1 Å². The molecule has 2 atom stereocenters. The third-order valence-electron chi connectivity index (χ3n) is 8.80. The topological polar surface area (TPSA) is 89.1 Å². The van der Waals surface area contributed by atoms with Gasteiger partial charge in [0.05, 0.1) is 20.1 Å². The molecule has 2 N–H and O–H groups in total. The summed E-state index contributed by atoms with van der Waals surface area (Å²) in [5.74, 6) is -0.254. The normalized spacial score (nSPS) is 15.8. The number of halogens is 3. The summed E-state index contributed by atoms with van der Waals surface area (Å²) in [5.41, 5.74) is 3.17. The number of amides is 2. The molecule has 0 aromatic heterocycles. The molecule has 0 saturated heterocycles. The number of carbonyl (C=O) groups is 2. The molecule has 11 heteroatoms. The maximum Gasteiger partial charge on any atom is 0.256 e. The minimum atomic E-state index is -1.17. The van der Waals surface area contributed by atoms with Crippen LogP contribution in [0, 0.1) is 11.2 Å². The van der Waals surface area contributed by atoms with Crippen LogP contribution < -0.4 is 25.0 Å². The maximum absolute atomic E-state index is 14.3. The molecular weight excluding hydrogens is 716 g/mol. The molecule has 0 aliphatic carbocycles. The molecule has 2 unspecified atom stereocenters. The van der Waals surface area contributed by atoms with E-state index >= 15 is 0 Å². The van der Waals surface area contributed by atoms with Crippen LogP contribution in [0.2, 0.25) is 10.0 Å². The van der Waals surface area contributed by atoms with Crippen molar-refractivity contribution < 1.29 is 28.2 Å². The molecule has 8 nitrogen and oxygen atoms in total. The lowest BCUT2D eigenvalue weighted by Gasteiger charge is -2.31. The lowest BCUT2D eigenvalue weighted by atomic mass is 9.94. The van der Waals surface area contributed by atoms with E-state index in [-0.39, 0.29) is 24.3 Å². The van der Waals surface area contributed by atoms with Crippen LogP contribution in [-0.4, -0.2) is 51.3 Å². The number of nitrogens with one attached hydrogen (secondary N) is 2. The highest BCUT2D eigenvalue weighted by Crippen LogP contribution is 2.45. The average molecular weight is 765 g/mol. The smallest absolute Gasteiger partial charge is 0.256 e. The van der Waals surface area contributed by atoms with Gasteiger partial charge in [-0.3, -0.25) is 9.59 Å². The molecule has 2 amide bonds. The van der Waals surface area contributed by atoms with Gasteiger partial charge in [-0.05, 0) is 85.8 Å². The molecule has 4 aromatic rings. The maximum atomic E-state index is 14.3. The highest BCUT2D eigenvalue weighted by Gasteiger charge is 2.40. The summed E-state index contributed by atoms with van der Waals surface area (Å²) >= 11 is 12.7. The van der Waals surface area contributed by atoms with E-state index in [1.165, 1.54) is 11.6 Å². The number of hydrogen-bond acceptors (Lipinski definition) is 6. The van der Waals surface area contributed by atoms with Crippen molar-refractivity contribution in [2.45, 2.75) is 65.2 Å². The first-order chi connectivity index (χ1) is 25.4. The number of para-hydroxylation sites is 1. The predicted octanol–water partition coefficient (Wildman–Crippen LogP) is 8.71. The number of fused-ring (bicyclic) bond motifs is 1. The van der Waals surface area contributed by atoms with Crippen molar-refractivity contribution in [2.75, 3.05) is 38.3 Å². The standard InChI is InChI=1S/C42H48Cl2FN3O5/c1-42(2,3)27-48-35-19-18-31(44)24-33(35)39(53-37(41(48)50)25-38(49)47-26-29-13-5-6-16-34(29)45)32-15-8-17-36(40(32)51-4)52-22-10-21-46-20-9-12-28-11-7-14-30(43)23-28/h5-8,11,13-19,23-24,37,39,46H,9-10,12,20-22,25-27H2,1-4H3,(H,47,49). The first-order valence-corrected chi connectivity index (χ1v) is 18.7. The summed E-state index contributed by atoms with van der Waals surface area (Å²) in [4.78, 5) is 29.4. The van der Waals surface area contributed by atoms with Gasteiger partial charge in [0.25, 0.3) is 5.91 Å². The highest BCUT2D eigenvalue weighted by molar-refractivity contribution is 6.31. The Labute approximate surface area is 321 Å². The van der Waals surface area contributed by atoms with E-state index in [2.05, 4.69) is 16.7 Å². The summed E-state index contributed by atoms with van der Waals surface area (Å²) in [5, 5.41) is 7.45.